The van der Waals surface area contributed by atoms with Crippen LogP contribution in [0.1, 0.15) is 16.1 Å². The molecule has 1 aromatic heterocycles. The van der Waals surface area contributed by atoms with Gasteiger partial charge < -0.3 is 9.15 Å². The Balaban J connectivity index is 2.17. The number of ether oxygens (including phenoxy) is 1. The molecule has 0 radical (unpaired) electrons. The normalized spacial score (nSPS) is 10.6. The maximum atomic E-state index is 12.4. The van der Waals surface area contributed by atoms with Gasteiger partial charge in [-0.25, -0.2) is 0 Å². The molecule has 0 N–H and O–H groups in total. The van der Waals surface area contributed by atoms with E-state index in [1.807, 2.05) is 42.5 Å². The summed E-state index contributed by atoms with van der Waals surface area (Å²) in [4.78, 5) is 12.4. The summed E-state index contributed by atoms with van der Waals surface area (Å²) < 4.78 is 11.0. The van der Waals surface area contributed by atoms with Gasteiger partial charge in [-0.05, 0) is 12.1 Å². The van der Waals surface area contributed by atoms with Gasteiger partial charge in [0.2, 0.25) is 11.5 Å². The highest BCUT2D eigenvalue weighted by atomic mass is 16.5. The minimum atomic E-state index is -0.173. The third-order valence-electron chi connectivity index (χ3n) is 3.00. The van der Waals surface area contributed by atoms with E-state index in [1.165, 1.54) is 0 Å². The zero-order valence-electron chi connectivity index (χ0n) is 10.4. The molecule has 0 bridgehead atoms. The van der Waals surface area contributed by atoms with Crippen molar-refractivity contribution in [3.05, 3.63) is 65.9 Å². The molecule has 0 saturated heterocycles. The lowest BCUT2D eigenvalue weighted by molar-refractivity contribution is 0.101. The monoisotopic (exact) mass is 252 g/mol. The largest absolute Gasteiger partial charge is 0.492 e. The molecule has 0 unspecified atom stereocenters. The molecule has 0 amide bonds. The molecule has 3 rings (SSSR count). The fourth-order valence-electron chi connectivity index (χ4n) is 2.09. The van der Waals surface area contributed by atoms with E-state index in [1.54, 1.807) is 19.2 Å². The molecule has 0 aliphatic rings. The van der Waals surface area contributed by atoms with E-state index in [0.29, 0.717) is 16.9 Å². The van der Waals surface area contributed by atoms with Crippen LogP contribution in [0.25, 0.3) is 11.0 Å². The van der Waals surface area contributed by atoms with E-state index in [9.17, 15) is 4.79 Å². The van der Waals surface area contributed by atoms with Gasteiger partial charge in [-0.2, -0.15) is 0 Å². The summed E-state index contributed by atoms with van der Waals surface area (Å²) in [6.07, 6.45) is 0. The second kappa shape index (κ2) is 4.61. The lowest BCUT2D eigenvalue weighted by Gasteiger charge is -2.00. The average molecular weight is 252 g/mol. The highest BCUT2D eigenvalue weighted by Gasteiger charge is 2.22. The maximum absolute atomic E-state index is 12.4. The van der Waals surface area contributed by atoms with Gasteiger partial charge in [0.05, 0.1) is 12.5 Å². The van der Waals surface area contributed by atoms with E-state index < -0.39 is 0 Å². The quantitative estimate of drug-likeness (QED) is 0.667. The number of ketones is 1. The lowest BCUT2D eigenvalue weighted by atomic mass is 10.1. The molecule has 2 aromatic carbocycles. The van der Waals surface area contributed by atoms with Gasteiger partial charge >= 0.3 is 0 Å². The van der Waals surface area contributed by atoms with Crippen molar-refractivity contribution in [1.29, 1.82) is 0 Å². The number of furan rings is 1. The molecule has 19 heavy (non-hydrogen) atoms. The molecule has 0 spiro atoms. The van der Waals surface area contributed by atoms with Crippen LogP contribution >= 0.6 is 0 Å². The van der Waals surface area contributed by atoms with Crippen LogP contribution < -0.4 is 4.74 Å². The molecule has 0 atom stereocenters. The third-order valence-corrected chi connectivity index (χ3v) is 3.00. The fraction of sp³-hybridized carbons (Fsp3) is 0.0625. The molecular weight excluding hydrogens is 240 g/mol. The summed E-state index contributed by atoms with van der Waals surface area (Å²) in [5.41, 5.74) is 1.23. The molecule has 0 aliphatic heterocycles. The number of fused-ring (bicyclic) bond motifs is 1. The first-order valence-electron chi connectivity index (χ1n) is 5.96. The van der Waals surface area contributed by atoms with Gasteiger partial charge in [-0.1, -0.05) is 42.5 Å². The van der Waals surface area contributed by atoms with Crippen LogP contribution in [-0.4, -0.2) is 12.9 Å². The van der Waals surface area contributed by atoms with Crippen molar-refractivity contribution in [3.8, 4) is 5.75 Å². The van der Waals surface area contributed by atoms with Crippen LogP contribution in [0.4, 0.5) is 0 Å². The van der Waals surface area contributed by atoms with Crippen LogP contribution in [0, 0.1) is 0 Å². The maximum Gasteiger partial charge on any atom is 0.232 e. The van der Waals surface area contributed by atoms with Crippen molar-refractivity contribution in [3.63, 3.8) is 0 Å². The standard InChI is InChI=1S/C16H12O3/c1-18-15-12-9-5-6-10-13(12)19-16(15)14(17)11-7-3-2-4-8-11/h2-10H,1H3. The van der Waals surface area contributed by atoms with E-state index in [2.05, 4.69) is 0 Å². The van der Waals surface area contributed by atoms with E-state index in [-0.39, 0.29) is 11.5 Å². The summed E-state index contributed by atoms with van der Waals surface area (Å²) in [5.74, 6) is 0.563. The van der Waals surface area contributed by atoms with E-state index in [0.717, 1.165) is 5.39 Å². The number of carbonyl (C=O) groups is 1. The number of para-hydroxylation sites is 1. The summed E-state index contributed by atoms with van der Waals surface area (Å²) >= 11 is 0. The molecule has 0 aliphatic carbocycles. The lowest BCUT2D eigenvalue weighted by Crippen LogP contribution is -2.01. The predicted molar refractivity (Wildman–Crippen MR) is 72.6 cm³/mol. The van der Waals surface area contributed by atoms with E-state index >= 15 is 0 Å². The minimum absolute atomic E-state index is 0.173. The highest BCUT2D eigenvalue weighted by Crippen LogP contribution is 2.34. The Morgan fingerprint density at radius 2 is 1.68 bits per heavy atom. The van der Waals surface area contributed by atoms with Gasteiger partial charge in [-0.15, -0.1) is 0 Å². The Morgan fingerprint density at radius 1 is 1.00 bits per heavy atom. The summed E-state index contributed by atoms with van der Waals surface area (Å²) in [6, 6.07) is 16.5. The first-order chi connectivity index (χ1) is 9.31. The van der Waals surface area contributed by atoms with Crippen molar-refractivity contribution in [1.82, 2.24) is 0 Å². The fourth-order valence-corrected chi connectivity index (χ4v) is 2.09. The molecule has 1 heterocycles. The van der Waals surface area contributed by atoms with Crippen LogP contribution in [0.2, 0.25) is 0 Å². The number of hydrogen-bond acceptors (Lipinski definition) is 3. The van der Waals surface area contributed by atoms with Gasteiger partial charge in [0.15, 0.2) is 5.75 Å². The summed E-state index contributed by atoms with van der Waals surface area (Å²) in [5, 5.41) is 0.810. The summed E-state index contributed by atoms with van der Waals surface area (Å²) in [6.45, 7) is 0. The molecular formula is C16H12O3. The highest BCUT2D eigenvalue weighted by molar-refractivity contribution is 6.11. The summed E-state index contributed by atoms with van der Waals surface area (Å²) in [7, 11) is 1.54. The second-order valence-corrected chi connectivity index (χ2v) is 4.16. The van der Waals surface area contributed by atoms with Crippen LogP contribution in [0.5, 0.6) is 5.75 Å². The molecule has 3 aromatic rings. The van der Waals surface area contributed by atoms with Gasteiger partial charge in [-0.3, -0.25) is 4.79 Å². The van der Waals surface area contributed by atoms with Crippen LogP contribution in [0.3, 0.4) is 0 Å². The number of carbonyl (C=O) groups excluding carboxylic acids is 1. The van der Waals surface area contributed by atoms with E-state index in [4.69, 9.17) is 9.15 Å². The first kappa shape index (κ1) is 11.5. The molecule has 3 nitrogen and oxygen atoms in total. The molecule has 3 heteroatoms. The molecule has 0 saturated carbocycles. The third kappa shape index (κ3) is 1.89. The number of methoxy groups -OCH3 is 1. The predicted octanol–water partition coefficient (Wildman–Crippen LogP) is 3.67. The number of benzene rings is 2. The van der Waals surface area contributed by atoms with Gasteiger partial charge in [0, 0.05) is 5.56 Å². The minimum Gasteiger partial charge on any atom is -0.492 e. The SMILES string of the molecule is COc1c(C(=O)c2ccccc2)oc2ccccc12. The molecule has 94 valence electrons. The van der Waals surface area contributed by atoms with Gasteiger partial charge in [0.1, 0.15) is 5.58 Å². The second-order valence-electron chi connectivity index (χ2n) is 4.16. The van der Waals surface area contributed by atoms with Crippen molar-refractivity contribution >= 4 is 16.8 Å². The van der Waals surface area contributed by atoms with Crippen molar-refractivity contribution < 1.29 is 13.9 Å². The van der Waals surface area contributed by atoms with Gasteiger partial charge in [0.25, 0.3) is 0 Å². The average Bonchev–Trinajstić information content (AvgIpc) is 2.85. The Morgan fingerprint density at radius 3 is 2.42 bits per heavy atom. The Hall–Kier alpha value is -2.55. The first-order valence-corrected chi connectivity index (χ1v) is 5.96. The van der Waals surface area contributed by atoms with Crippen molar-refractivity contribution in [2.24, 2.45) is 0 Å². The topological polar surface area (TPSA) is 39.4 Å². The Kier molecular flexibility index (Phi) is 2.80. The van der Waals surface area contributed by atoms with Crippen LogP contribution in [-0.2, 0) is 0 Å². The van der Waals surface area contributed by atoms with Crippen molar-refractivity contribution in [2.45, 2.75) is 0 Å². The smallest absolute Gasteiger partial charge is 0.232 e. The zero-order valence-corrected chi connectivity index (χ0v) is 10.4. The van der Waals surface area contributed by atoms with Crippen LogP contribution in [0.15, 0.2) is 59.0 Å². The Bertz CT molecular complexity index is 726. The zero-order chi connectivity index (χ0) is 13.2. The molecule has 0 fully saturated rings. The number of rotatable bonds is 3. The number of hydrogen-bond donors (Lipinski definition) is 0. The van der Waals surface area contributed by atoms with Crippen molar-refractivity contribution in [2.75, 3.05) is 7.11 Å². The Labute approximate surface area is 110 Å².